The molecule has 0 saturated carbocycles. The zero-order valence-corrected chi connectivity index (χ0v) is 10.6. The monoisotopic (exact) mass is 268 g/mol. The summed E-state index contributed by atoms with van der Waals surface area (Å²) in [6.45, 7) is 0. The van der Waals surface area contributed by atoms with E-state index in [-0.39, 0.29) is 0 Å². The minimum absolute atomic E-state index is 0.450. The number of anilines is 3. The predicted molar refractivity (Wildman–Crippen MR) is 75.0 cm³/mol. The summed E-state index contributed by atoms with van der Waals surface area (Å²) in [6, 6.07) is 13.9. The molecule has 0 heterocycles. The van der Waals surface area contributed by atoms with E-state index in [1.54, 1.807) is 36.4 Å². The van der Waals surface area contributed by atoms with Gasteiger partial charge in [0.05, 0.1) is 34.3 Å². The van der Waals surface area contributed by atoms with Crippen molar-refractivity contribution in [1.82, 2.24) is 0 Å². The highest BCUT2D eigenvalue weighted by Crippen LogP contribution is 2.28. The molecule has 2 aromatic carbocycles. The first kappa shape index (κ1) is 12.8. The van der Waals surface area contributed by atoms with Crippen LogP contribution >= 0.6 is 11.6 Å². The van der Waals surface area contributed by atoms with Gasteiger partial charge in [0, 0.05) is 5.02 Å². The standard InChI is InChI=1S/C14H9ClN4/c15-11-3-2-10(8-17)13(6-11)19-14-5-9(7-16)1-4-12(14)18/h1-6,19H,18H2. The number of nitrogens with zero attached hydrogens (tertiary/aromatic N) is 2. The Bertz CT molecular complexity index is 710. The van der Waals surface area contributed by atoms with Gasteiger partial charge < -0.3 is 11.1 Å². The summed E-state index contributed by atoms with van der Waals surface area (Å²) in [7, 11) is 0. The number of benzene rings is 2. The maximum atomic E-state index is 9.04. The SMILES string of the molecule is N#Cc1ccc(N)c(Nc2cc(Cl)ccc2C#N)c1. The molecule has 19 heavy (non-hydrogen) atoms. The number of nitrogens with two attached hydrogens (primary N) is 1. The third kappa shape index (κ3) is 2.77. The molecule has 0 atom stereocenters. The zero-order valence-electron chi connectivity index (χ0n) is 9.81. The van der Waals surface area contributed by atoms with E-state index in [4.69, 9.17) is 27.9 Å². The Morgan fingerprint density at radius 3 is 2.47 bits per heavy atom. The number of halogens is 1. The molecule has 0 aliphatic carbocycles. The first-order chi connectivity index (χ1) is 9.13. The average molecular weight is 269 g/mol. The van der Waals surface area contributed by atoms with Gasteiger partial charge in [0.25, 0.3) is 0 Å². The summed E-state index contributed by atoms with van der Waals surface area (Å²) in [5.41, 5.74) is 8.38. The van der Waals surface area contributed by atoms with Crippen molar-refractivity contribution in [3.8, 4) is 12.1 Å². The number of nitrogens with one attached hydrogen (secondary N) is 1. The van der Waals surface area contributed by atoms with Crippen molar-refractivity contribution in [2.24, 2.45) is 0 Å². The normalized spacial score (nSPS) is 9.42. The molecular formula is C14H9ClN4. The lowest BCUT2D eigenvalue weighted by Gasteiger charge is -2.11. The fourth-order valence-corrected chi connectivity index (χ4v) is 1.77. The summed E-state index contributed by atoms with van der Waals surface area (Å²) < 4.78 is 0. The molecule has 0 bridgehead atoms. The number of hydrogen-bond acceptors (Lipinski definition) is 4. The van der Waals surface area contributed by atoms with E-state index in [0.717, 1.165) is 0 Å². The molecule has 0 amide bonds. The third-order valence-electron chi connectivity index (χ3n) is 2.55. The van der Waals surface area contributed by atoms with Crippen LogP contribution in [0.1, 0.15) is 11.1 Å². The quantitative estimate of drug-likeness (QED) is 0.817. The van der Waals surface area contributed by atoms with Crippen LogP contribution in [-0.4, -0.2) is 0 Å². The van der Waals surface area contributed by atoms with Crippen LogP contribution in [0.15, 0.2) is 36.4 Å². The van der Waals surface area contributed by atoms with E-state index in [0.29, 0.717) is 33.2 Å². The summed E-state index contributed by atoms with van der Waals surface area (Å²) in [4.78, 5) is 0. The molecule has 0 fully saturated rings. The molecule has 92 valence electrons. The molecule has 0 unspecified atom stereocenters. The molecule has 2 rings (SSSR count). The van der Waals surface area contributed by atoms with Crippen LogP contribution in [0.2, 0.25) is 5.02 Å². The van der Waals surface area contributed by atoms with Crippen LogP contribution in [-0.2, 0) is 0 Å². The van der Waals surface area contributed by atoms with Crippen LogP contribution in [0, 0.1) is 22.7 Å². The minimum Gasteiger partial charge on any atom is -0.397 e. The maximum Gasteiger partial charge on any atom is 0.101 e. The van der Waals surface area contributed by atoms with E-state index in [1.807, 2.05) is 6.07 Å². The van der Waals surface area contributed by atoms with Gasteiger partial charge in [0.2, 0.25) is 0 Å². The maximum absolute atomic E-state index is 9.04. The van der Waals surface area contributed by atoms with Gasteiger partial charge in [-0.3, -0.25) is 0 Å². The van der Waals surface area contributed by atoms with Crippen molar-refractivity contribution in [3.05, 3.63) is 52.5 Å². The molecule has 5 heteroatoms. The molecule has 3 N–H and O–H groups in total. The Hall–Kier alpha value is -2.69. The summed E-state index contributed by atoms with van der Waals surface area (Å²) in [5, 5.41) is 21.4. The molecule has 2 aromatic rings. The van der Waals surface area contributed by atoms with Gasteiger partial charge in [-0.05, 0) is 36.4 Å². The molecule has 0 saturated heterocycles. The first-order valence-electron chi connectivity index (χ1n) is 5.40. The molecule has 0 spiro atoms. The van der Waals surface area contributed by atoms with E-state index >= 15 is 0 Å². The summed E-state index contributed by atoms with van der Waals surface area (Å²) >= 11 is 5.91. The summed E-state index contributed by atoms with van der Waals surface area (Å²) in [6.07, 6.45) is 0. The highest BCUT2D eigenvalue weighted by Gasteiger charge is 2.06. The number of nitriles is 2. The lowest BCUT2D eigenvalue weighted by molar-refractivity contribution is 1.45. The van der Waals surface area contributed by atoms with Gasteiger partial charge in [0.15, 0.2) is 0 Å². The van der Waals surface area contributed by atoms with E-state index in [2.05, 4.69) is 11.4 Å². The topological polar surface area (TPSA) is 85.6 Å². The molecular weight excluding hydrogens is 260 g/mol. The zero-order chi connectivity index (χ0) is 13.8. The van der Waals surface area contributed by atoms with Crippen molar-refractivity contribution < 1.29 is 0 Å². The fraction of sp³-hybridized carbons (Fsp3) is 0. The van der Waals surface area contributed by atoms with Crippen LogP contribution in [0.5, 0.6) is 0 Å². The first-order valence-corrected chi connectivity index (χ1v) is 5.78. The lowest BCUT2D eigenvalue weighted by Crippen LogP contribution is -1.98. The second-order valence-corrected chi connectivity index (χ2v) is 4.28. The number of nitrogen functional groups attached to an aromatic ring is 1. The van der Waals surface area contributed by atoms with E-state index < -0.39 is 0 Å². The Kier molecular flexibility index (Phi) is 3.56. The fourth-order valence-electron chi connectivity index (χ4n) is 1.60. The van der Waals surface area contributed by atoms with Gasteiger partial charge in [-0.2, -0.15) is 10.5 Å². The number of rotatable bonds is 2. The van der Waals surface area contributed by atoms with Gasteiger partial charge in [-0.1, -0.05) is 11.6 Å². The predicted octanol–water partition coefficient (Wildman–Crippen LogP) is 3.41. The van der Waals surface area contributed by atoms with Crippen molar-refractivity contribution in [2.75, 3.05) is 11.1 Å². The Labute approximate surface area is 115 Å². The van der Waals surface area contributed by atoms with Gasteiger partial charge in [-0.15, -0.1) is 0 Å². The average Bonchev–Trinajstić information content (AvgIpc) is 2.41. The second kappa shape index (κ2) is 5.30. The Morgan fingerprint density at radius 2 is 1.79 bits per heavy atom. The van der Waals surface area contributed by atoms with Crippen LogP contribution in [0.3, 0.4) is 0 Å². The second-order valence-electron chi connectivity index (χ2n) is 3.84. The third-order valence-corrected chi connectivity index (χ3v) is 2.79. The minimum atomic E-state index is 0.450. The molecule has 0 aliphatic heterocycles. The smallest absolute Gasteiger partial charge is 0.101 e. The highest BCUT2D eigenvalue weighted by molar-refractivity contribution is 6.30. The van der Waals surface area contributed by atoms with Crippen molar-refractivity contribution >= 4 is 28.7 Å². The highest BCUT2D eigenvalue weighted by atomic mass is 35.5. The Balaban J connectivity index is 2.45. The molecule has 0 aliphatic rings. The van der Waals surface area contributed by atoms with Gasteiger partial charge >= 0.3 is 0 Å². The lowest BCUT2D eigenvalue weighted by atomic mass is 10.1. The van der Waals surface area contributed by atoms with E-state index in [9.17, 15) is 0 Å². The molecule has 0 radical (unpaired) electrons. The number of hydrogen-bond donors (Lipinski definition) is 2. The van der Waals surface area contributed by atoms with Gasteiger partial charge in [-0.25, -0.2) is 0 Å². The van der Waals surface area contributed by atoms with E-state index in [1.165, 1.54) is 0 Å². The summed E-state index contributed by atoms with van der Waals surface area (Å²) in [5.74, 6) is 0. The largest absolute Gasteiger partial charge is 0.397 e. The Morgan fingerprint density at radius 1 is 1.00 bits per heavy atom. The van der Waals surface area contributed by atoms with Crippen molar-refractivity contribution in [1.29, 1.82) is 10.5 Å². The van der Waals surface area contributed by atoms with Crippen LogP contribution in [0.25, 0.3) is 0 Å². The van der Waals surface area contributed by atoms with Crippen LogP contribution in [0.4, 0.5) is 17.1 Å². The van der Waals surface area contributed by atoms with Crippen LogP contribution < -0.4 is 11.1 Å². The molecule has 4 nitrogen and oxygen atoms in total. The van der Waals surface area contributed by atoms with Crippen molar-refractivity contribution in [2.45, 2.75) is 0 Å². The van der Waals surface area contributed by atoms with Gasteiger partial charge in [0.1, 0.15) is 6.07 Å². The van der Waals surface area contributed by atoms with Crippen molar-refractivity contribution in [3.63, 3.8) is 0 Å². The molecule has 0 aromatic heterocycles.